The number of nitrogens with one attached hydrogen (secondary N) is 1. The van der Waals surface area contributed by atoms with E-state index in [0.29, 0.717) is 6.42 Å². The van der Waals surface area contributed by atoms with Crippen LogP contribution < -0.4 is 0 Å². The van der Waals surface area contributed by atoms with Crippen molar-refractivity contribution in [3.63, 3.8) is 0 Å². The largest absolute Gasteiger partial charge is 0.291 e. The average Bonchev–Trinajstić information content (AvgIpc) is 2.65. The highest BCUT2D eigenvalue weighted by molar-refractivity contribution is 5.92. The van der Waals surface area contributed by atoms with Crippen LogP contribution in [0.5, 0.6) is 0 Å². The van der Waals surface area contributed by atoms with E-state index in [4.69, 9.17) is 0 Å². The summed E-state index contributed by atoms with van der Waals surface area (Å²) in [5, 5.41) is 12.8. The fraction of sp³-hybridized carbons (Fsp3) is 0.750. The van der Waals surface area contributed by atoms with Gasteiger partial charge in [0.05, 0.1) is 0 Å². The molecule has 1 rings (SSSR count). The van der Waals surface area contributed by atoms with E-state index < -0.39 is 0 Å². The van der Waals surface area contributed by atoms with Gasteiger partial charge in [0, 0.05) is 6.42 Å². The van der Waals surface area contributed by atoms with Crippen molar-refractivity contribution >= 4 is 5.78 Å². The molecule has 0 aliphatic heterocycles. The molecule has 72 valence electrons. The van der Waals surface area contributed by atoms with E-state index in [1.54, 1.807) is 0 Å². The van der Waals surface area contributed by atoms with E-state index in [0.717, 1.165) is 12.8 Å². The third-order valence-electron chi connectivity index (χ3n) is 1.85. The normalized spacial score (nSPS) is 10.2. The second kappa shape index (κ2) is 5.40. The van der Waals surface area contributed by atoms with Gasteiger partial charge < -0.3 is 0 Å². The van der Waals surface area contributed by atoms with Crippen molar-refractivity contribution in [2.24, 2.45) is 0 Å². The first-order chi connectivity index (χ1) is 6.34. The molecule has 1 aromatic heterocycles. The molecule has 5 heteroatoms. The molecule has 0 amide bonds. The molecule has 1 aromatic rings. The molecule has 0 saturated carbocycles. The molecule has 13 heavy (non-hydrogen) atoms. The van der Waals surface area contributed by atoms with Gasteiger partial charge in [-0.15, -0.1) is 10.2 Å². The van der Waals surface area contributed by atoms with E-state index in [1.807, 2.05) is 0 Å². The van der Waals surface area contributed by atoms with Crippen molar-refractivity contribution in [1.82, 2.24) is 20.6 Å². The highest BCUT2D eigenvalue weighted by atomic mass is 16.1. The first kappa shape index (κ1) is 9.83. The Bertz CT molecular complexity index is 245. The minimum absolute atomic E-state index is 0.0233. The Morgan fingerprint density at radius 1 is 1.38 bits per heavy atom. The van der Waals surface area contributed by atoms with Gasteiger partial charge in [0.25, 0.3) is 0 Å². The fourth-order valence-corrected chi connectivity index (χ4v) is 1.10. The lowest BCUT2D eigenvalue weighted by molar-refractivity contribution is 0.0969. The van der Waals surface area contributed by atoms with Gasteiger partial charge >= 0.3 is 0 Å². The summed E-state index contributed by atoms with van der Waals surface area (Å²) in [5.74, 6) is 0.182. The molecule has 5 nitrogen and oxygen atoms in total. The highest BCUT2D eigenvalue weighted by Gasteiger charge is 2.09. The van der Waals surface area contributed by atoms with Gasteiger partial charge in [0.1, 0.15) is 0 Å². The molecule has 0 saturated heterocycles. The van der Waals surface area contributed by atoms with Crippen LogP contribution >= 0.6 is 0 Å². The number of hydrogen-bond donors (Lipinski definition) is 1. The first-order valence-corrected chi connectivity index (χ1v) is 4.61. The third kappa shape index (κ3) is 3.31. The van der Waals surface area contributed by atoms with Gasteiger partial charge in [-0.3, -0.25) is 4.79 Å². The minimum atomic E-state index is -0.0233. The van der Waals surface area contributed by atoms with Crippen LogP contribution in [0.15, 0.2) is 0 Å². The number of aromatic nitrogens is 4. The van der Waals surface area contributed by atoms with Gasteiger partial charge in [-0.05, 0) is 11.6 Å². The van der Waals surface area contributed by atoms with Crippen molar-refractivity contribution < 1.29 is 4.79 Å². The topological polar surface area (TPSA) is 71.5 Å². The van der Waals surface area contributed by atoms with Gasteiger partial charge in [-0.1, -0.05) is 26.2 Å². The summed E-state index contributed by atoms with van der Waals surface area (Å²) in [7, 11) is 0. The van der Waals surface area contributed by atoms with Crippen LogP contribution in [-0.4, -0.2) is 26.4 Å². The number of unbranched alkanes of at least 4 members (excludes halogenated alkanes) is 3. The molecular formula is C8H14N4O. The van der Waals surface area contributed by atoms with Crippen molar-refractivity contribution in [3.8, 4) is 0 Å². The highest BCUT2D eigenvalue weighted by Crippen LogP contribution is 2.04. The van der Waals surface area contributed by atoms with Gasteiger partial charge in [0.2, 0.25) is 11.6 Å². The second-order valence-electron chi connectivity index (χ2n) is 2.97. The monoisotopic (exact) mass is 182 g/mol. The van der Waals surface area contributed by atoms with Crippen molar-refractivity contribution in [3.05, 3.63) is 5.82 Å². The van der Waals surface area contributed by atoms with Crippen LogP contribution in [0.3, 0.4) is 0 Å². The van der Waals surface area contributed by atoms with E-state index in [-0.39, 0.29) is 11.6 Å². The lowest BCUT2D eigenvalue weighted by Crippen LogP contribution is -2.01. The smallest absolute Gasteiger partial charge is 0.240 e. The number of nitrogens with zero attached hydrogens (tertiary/aromatic N) is 3. The average molecular weight is 182 g/mol. The number of carbonyl (C=O) groups excluding carboxylic acids is 1. The molecular weight excluding hydrogens is 168 g/mol. The van der Waals surface area contributed by atoms with E-state index >= 15 is 0 Å². The van der Waals surface area contributed by atoms with Crippen molar-refractivity contribution in [2.75, 3.05) is 0 Å². The van der Waals surface area contributed by atoms with Crippen LogP contribution in [-0.2, 0) is 0 Å². The Balaban J connectivity index is 2.19. The van der Waals surface area contributed by atoms with Crippen LogP contribution in [0.2, 0.25) is 0 Å². The molecule has 0 atom stereocenters. The second-order valence-corrected chi connectivity index (χ2v) is 2.97. The summed E-state index contributed by atoms with van der Waals surface area (Å²) in [6, 6.07) is 0. The quantitative estimate of drug-likeness (QED) is 0.532. The summed E-state index contributed by atoms with van der Waals surface area (Å²) in [6.07, 6.45) is 4.90. The standard InChI is InChI=1S/C8H14N4O/c1-2-3-4-5-6-7(13)8-9-11-12-10-8/h2-6H2,1H3,(H,9,10,11,12). The van der Waals surface area contributed by atoms with E-state index in [9.17, 15) is 4.79 Å². The maximum Gasteiger partial charge on any atom is 0.240 e. The Kier molecular flexibility index (Phi) is 4.08. The zero-order valence-corrected chi connectivity index (χ0v) is 7.79. The molecule has 1 N–H and O–H groups in total. The molecule has 0 fully saturated rings. The lowest BCUT2D eigenvalue weighted by atomic mass is 10.1. The maximum atomic E-state index is 11.3. The molecule has 0 spiro atoms. The summed E-state index contributed by atoms with van der Waals surface area (Å²) >= 11 is 0. The molecule has 0 radical (unpaired) electrons. The van der Waals surface area contributed by atoms with Crippen LogP contribution in [0, 0.1) is 0 Å². The summed E-state index contributed by atoms with van der Waals surface area (Å²) < 4.78 is 0. The SMILES string of the molecule is CCCCCCC(=O)c1nn[nH]n1. The van der Waals surface area contributed by atoms with E-state index in [1.165, 1.54) is 12.8 Å². The van der Waals surface area contributed by atoms with Gasteiger partial charge in [-0.2, -0.15) is 5.21 Å². The van der Waals surface area contributed by atoms with Crippen LogP contribution in [0.1, 0.15) is 49.6 Å². The zero-order chi connectivity index (χ0) is 9.52. The maximum absolute atomic E-state index is 11.3. The molecule has 1 heterocycles. The fourth-order valence-electron chi connectivity index (χ4n) is 1.10. The number of Topliss-reactive ketones (excluding diaryl/α,β-unsaturated/α-hetero) is 1. The third-order valence-corrected chi connectivity index (χ3v) is 1.85. The molecule has 0 unspecified atom stereocenters. The van der Waals surface area contributed by atoms with Crippen LogP contribution in [0.25, 0.3) is 0 Å². The Morgan fingerprint density at radius 3 is 2.85 bits per heavy atom. The minimum Gasteiger partial charge on any atom is -0.291 e. The summed E-state index contributed by atoms with van der Waals surface area (Å²) in [4.78, 5) is 11.3. The van der Waals surface area contributed by atoms with Crippen molar-refractivity contribution in [1.29, 1.82) is 0 Å². The number of tetrazole rings is 1. The Hall–Kier alpha value is -1.26. The summed E-state index contributed by atoms with van der Waals surface area (Å²) in [5.41, 5.74) is 0. The first-order valence-electron chi connectivity index (χ1n) is 4.61. The molecule has 0 aliphatic rings. The number of hydrogen-bond acceptors (Lipinski definition) is 4. The van der Waals surface area contributed by atoms with Gasteiger partial charge in [0.15, 0.2) is 0 Å². The predicted molar refractivity (Wildman–Crippen MR) is 47.3 cm³/mol. The lowest BCUT2D eigenvalue weighted by Gasteiger charge is -1.95. The molecule has 0 aliphatic carbocycles. The summed E-state index contributed by atoms with van der Waals surface area (Å²) in [6.45, 7) is 2.14. The predicted octanol–water partition coefficient (Wildman–Crippen LogP) is 1.35. The van der Waals surface area contributed by atoms with E-state index in [2.05, 4.69) is 27.5 Å². The Morgan fingerprint density at radius 2 is 2.23 bits per heavy atom. The number of carbonyl (C=O) groups is 1. The van der Waals surface area contributed by atoms with Crippen LogP contribution in [0.4, 0.5) is 0 Å². The number of rotatable bonds is 6. The number of H-pyrrole nitrogens is 1. The zero-order valence-electron chi connectivity index (χ0n) is 7.79. The van der Waals surface area contributed by atoms with Gasteiger partial charge in [-0.25, -0.2) is 0 Å². The molecule has 0 bridgehead atoms. The van der Waals surface area contributed by atoms with Crippen molar-refractivity contribution in [2.45, 2.75) is 39.0 Å². The Labute approximate surface area is 76.9 Å². The molecule has 0 aromatic carbocycles. The number of ketones is 1. The number of aromatic amines is 1.